The Hall–Kier alpha value is -2.56. The minimum Gasteiger partial charge on any atom is -0.312 e. The van der Waals surface area contributed by atoms with Crippen LogP contribution in [0.4, 0.5) is 13.2 Å². The number of aryl methyl sites for hydroxylation is 1. The molecule has 3 rings (SSSR count). The number of halogens is 3. The summed E-state index contributed by atoms with van der Waals surface area (Å²) in [6.07, 6.45) is -1.49. The molecule has 0 aliphatic carbocycles. The molecule has 0 amide bonds. The maximum atomic E-state index is 12.8. The number of nitrogens with zero attached hydrogens (tertiary/aromatic N) is 5. The van der Waals surface area contributed by atoms with E-state index in [2.05, 4.69) is 19.9 Å². The van der Waals surface area contributed by atoms with Crippen LogP contribution >= 0.6 is 0 Å². The highest BCUT2D eigenvalue weighted by Gasteiger charge is 2.32. The minimum atomic E-state index is -4.55. The average Bonchev–Trinajstić information content (AvgIpc) is 2.90. The van der Waals surface area contributed by atoms with Crippen LogP contribution in [0.1, 0.15) is 12.5 Å². The van der Waals surface area contributed by atoms with E-state index in [-0.39, 0.29) is 33.3 Å². The van der Waals surface area contributed by atoms with Gasteiger partial charge in [-0.3, -0.25) is 0 Å². The number of pyridine rings is 1. The van der Waals surface area contributed by atoms with Crippen LogP contribution in [0.15, 0.2) is 29.8 Å². The second-order valence-electron chi connectivity index (χ2n) is 5.20. The molecule has 0 aliphatic rings. The Balaban J connectivity index is 2.26. The summed E-state index contributed by atoms with van der Waals surface area (Å²) < 4.78 is 64.4. The Morgan fingerprint density at radius 1 is 1.20 bits per heavy atom. The topological polar surface area (TPSA) is 90.6 Å². The van der Waals surface area contributed by atoms with Crippen molar-refractivity contribution in [2.24, 2.45) is 7.05 Å². The van der Waals surface area contributed by atoms with Crippen LogP contribution in [0.25, 0.3) is 22.6 Å². The molecule has 3 aromatic heterocycles. The monoisotopic (exact) mass is 371 g/mol. The first-order valence-corrected chi connectivity index (χ1v) is 8.73. The quantitative estimate of drug-likeness (QED) is 0.656. The van der Waals surface area contributed by atoms with Crippen LogP contribution in [0.5, 0.6) is 0 Å². The van der Waals surface area contributed by atoms with Crippen molar-refractivity contribution in [3.63, 3.8) is 0 Å². The Kier molecular flexibility index (Phi) is 3.98. The Morgan fingerprint density at radius 2 is 1.92 bits per heavy atom. The van der Waals surface area contributed by atoms with Gasteiger partial charge in [0.1, 0.15) is 17.7 Å². The van der Waals surface area contributed by atoms with Gasteiger partial charge < -0.3 is 4.57 Å². The lowest BCUT2D eigenvalue weighted by Gasteiger charge is -2.07. The van der Waals surface area contributed by atoms with Crippen molar-refractivity contribution in [2.75, 3.05) is 5.75 Å². The number of hydrogen-bond acceptors (Lipinski definition) is 6. The molecule has 7 nitrogen and oxygen atoms in total. The van der Waals surface area contributed by atoms with Gasteiger partial charge in [-0.15, -0.1) is 0 Å². The van der Waals surface area contributed by atoms with E-state index >= 15 is 0 Å². The third kappa shape index (κ3) is 2.95. The van der Waals surface area contributed by atoms with E-state index in [1.807, 2.05) is 0 Å². The number of rotatable bonds is 3. The van der Waals surface area contributed by atoms with Gasteiger partial charge in [0.05, 0.1) is 16.9 Å². The van der Waals surface area contributed by atoms with Crippen LogP contribution in [-0.2, 0) is 23.1 Å². The van der Waals surface area contributed by atoms with E-state index in [1.54, 1.807) is 0 Å². The van der Waals surface area contributed by atoms with Crippen molar-refractivity contribution in [3.8, 4) is 11.4 Å². The third-order valence-corrected chi connectivity index (χ3v) is 5.30. The van der Waals surface area contributed by atoms with E-state index < -0.39 is 21.6 Å². The molecule has 0 spiro atoms. The van der Waals surface area contributed by atoms with Gasteiger partial charge in [0.25, 0.3) is 0 Å². The number of imidazole rings is 1. The molecule has 0 atom stereocenters. The molecule has 11 heteroatoms. The molecule has 25 heavy (non-hydrogen) atoms. The van der Waals surface area contributed by atoms with Gasteiger partial charge in [-0.05, 0) is 6.07 Å². The van der Waals surface area contributed by atoms with Crippen LogP contribution in [0.3, 0.4) is 0 Å². The van der Waals surface area contributed by atoms with Gasteiger partial charge in [-0.1, -0.05) is 6.92 Å². The lowest BCUT2D eigenvalue weighted by atomic mass is 10.2. The van der Waals surface area contributed by atoms with Gasteiger partial charge >= 0.3 is 6.18 Å². The van der Waals surface area contributed by atoms with Gasteiger partial charge in [0.15, 0.2) is 20.5 Å². The molecule has 0 aliphatic heterocycles. The highest BCUT2D eigenvalue weighted by atomic mass is 32.2. The molecule has 0 saturated carbocycles. The molecule has 0 saturated heterocycles. The predicted molar refractivity (Wildman–Crippen MR) is 82.3 cm³/mol. The molecule has 0 unspecified atom stereocenters. The molecular formula is C14H12F3N5O2S. The highest BCUT2D eigenvalue weighted by Crippen LogP contribution is 2.32. The van der Waals surface area contributed by atoms with Crippen molar-refractivity contribution in [3.05, 3.63) is 30.4 Å². The Bertz CT molecular complexity index is 1060. The lowest BCUT2D eigenvalue weighted by molar-refractivity contribution is -0.137. The molecule has 3 aromatic rings. The van der Waals surface area contributed by atoms with Gasteiger partial charge in [-0.25, -0.2) is 28.4 Å². The second kappa shape index (κ2) is 5.76. The maximum Gasteiger partial charge on any atom is 0.417 e. The second-order valence-corrected chi connectivity index (χ2v) is 7.40. The summed E-state index contributed by atoms with van der Waals surface area (Å²) in [6.45, 7) is 1.47. The first-order chi connectivity index (χ1) is 11.6. The fraction of sp³-hybridized carbons (Fsp3) is 0.286. The van der Waals surface area contributed by atoms with Crippen molar-refractivity contribution in [2.45, 2.75) is 18.1 Å². The van der Waals surface area contributed by atoms with Crippen molar-refractivity contribution in [1.82, 2.24) is 24.5 Å². The minimum absolute atomic E-state index is 0.00368. The van der Waals surface area contributed by atoms with Crippen LogP contribution in [0, 0.1) is 0 Å². The summed E-state index contributed by atoms with van der Waals surface area (Å²) in [5.41, 5.74) is -0.642. The number of fused-ring (bicyclic) bond motifs is 1. The smallest absolute Gasteiger partial charge is 0.312 e. The SMILES string of the molecule is CCS(=O)(=O)c1ncncc1-c1nc2cc(C(F)(F)F)cnc2n1C. The zero-order valence-electron chi connectivity index (χ0n) is 13.1. The Labute approximate surface area is 140 Å². The number of aromatic nitrogens is 5. The standard InChI is InChI=1S/C14H12F3N5O2S/c1-3-25(23,24)13-9(6-18-7-20-13)11-21-10-4-8(14(15,16)17)5-19-12(10)22(11)2/h4-7H,3H2,1-2H3. The summed E-state index contributed by atoms with van der Waals surface area (Å²) >= 11 is 0. The van der Waals surface area contributed by atoms with Gasteiger partial charge in [0.2, 0.25) is 0 Å². The van der Waals surface area contributed by atoms with Crippen LogP contribution < -0.4 is 0 Å². The van der Waals surface area contributed by atoms with Gasteiger partial charge in [0, 0.05) is 19.4 Å². The van der Waals surface area contributed by atoms with E-state index in [9.17, 15) is 21.6 Å². The van der Waals surface area contributed by atoms with Crippen molar-refractivity contribution >= 4 is 21.0 Å². The fourth-order valence-corrected chi connectivity index (χ4v) is 3.29. The Morgan fingerprint density at radius 3 is 2.56 bits per heavy atom. The molecule has 0 bridgehead atoms. The van der Waals surface area contributed by atoms with Gasteiger partial charge in [-0.2, -0.15) is 13.2 Å². The van der Waals surface area contributed by atoms with Crippen LogP contribution in [0.2, 0.25) is 0 Å². The van der Waals surface area contributed by atoms with Crippen LogP contribution in [-0.4, -0.2) is 38.7 Å². The predicted octanol–water partition coefficient (Wildman–Crippen LogP) is 2.24. The summed E-state index contributed by atoms with van der Waals surface area (Å²) in [5, 5.41) is -0.223. The molecule has 0 fully saturated rings. The molecule has 0 N–H and O–H groups in total. The fourth-order valence-electron chi connectivity index (χ4n) is 2.33. The zero-order valence-corrected chi connectivity index (χ0v) is 13.9. The van der Waals surface area contributed by atoms with E-state index in [1.165, 1.54) is 24.7 Å². The number of sulfone groups is 1. The molecule has 0 aromatic carbocycles. The summed E-state index contributed by atoms with van der Waals surface area (Å²) in [6, 6.07) is 0.865. The largest absolute Gasteiger partial charge is 0.417 e. The molecular weight excluding hydrogens is 359 g/mol. The van der Waals surface area contributed by atoms with E-state index in [0.29, 0.717) is 6.20 Å². The molecule has 3 heterocycles. The molecule has 0 radical (unpaired) electrons. The number of alkyl halides is 3. The normalized spacial score (nSPS) is 12.7. The first kappa shape index (κ1) is 17.3. The first-order valence-electron chi connectivity index (χ1n) is 7.08. The average molecular weight is 371 g/mol. The van der Waals surface area contributed by atoms with E-state index in [4.69, 9.17) is 0 Å². The maximum absolute atomic E-state index is 12.8. The zero-order chi connectivity index (χ0) is 18.4. The van der Waals surface area contributed by atoms with E-state index in [0.717, 1.165) is 12.4 Å². The third-order valence-electron chi connectivity index (χ3n) is 3.63. The van der Waals surface area contributed by atoms with Crippen molar-refractivity contribution < 1.29 is 21.6 Å². The summed E-state index contributed by atoms with van der Waals surface area (Å²) in [5.74, 6) is -0.0632. The highest BCUT2D eigenvalue weighted by molar-refractivity contribution is 7.91. The lowest BCUT2D eigenvalue weighted by Crippen LogP contribution is -2.10. The summed E-state index contributed by atoms with van der Waals surface area (Å²) in [7, 11) is -2.14. The van der Waals surface area contributed by atoms with Crippen molar-refractivity contribution in [1.29, 1.82) is 0 Å². The molecule has 132 valence electrons. The number of hydrogen-bond donors (Lipinski definition) is 0. The summed E-state index contributed by atoms with van der Waals surface area (Å²) in [4.78, 5) is 15.5.